The average molecular weight is 414 g/mol. The van der Waals surface area contributed by atoms with Crippen molar-refractivity contribution in [1.29, 1.82) is 0 Å². The summed E-state index contributed by atoms with van der Waals surface area (Å²) in [5.41, 5.74) is 2.45. The van der Waals surface area contributed by atoms with Crippen LogP contribution in [-0.4, -0.2) is 48.8 Å². The lowest BCUT2D eigenvalue weighted by Gasteiger charge is -2.38. The topological polar surface area (TPSA) is 107 Å². The molecule has 0 spiro atoms. The van der Waals surface area contributed by atoms with Gasteiger partial charge in [0.2, 0.25) is 0 Å². The Morgan fingerprint density at radius 1 is 1.03 bits per heavy atom. The van der Waals surface area contributed by atoms with Crippen molar-refractivity contribution in [3.63, 3.8) is 0 Å². The number of nitrogens with zero attached hydrogens (tertiary/aromatic N) is 6. The molecule has 31 heavy (non-hydrogen) atoms. The molecule has 1 fully saturated rings. The van der Waals surface area contributed by atoms with Crippen LogP contribution in [0.1, 0.15) is 10.5 Å². The number of pyridine rings is 2. The molecule has 0 aliphatic carbocycles. The molecule has 9 nitrogen and oxygen atoms in total. The Labute approximate surface area is 177 Å². The Hall–Kier alpha value is -4.14. The third-order valence-corrected chi connectivity index (χ3v) is 5.19. The summed E-state index contributed by atoms with van der Waals surface area (Å²) in [6.07, 6.45) is 6.69. The molecule has 5 heterocycles. The molecule has 5 rings (SSSR count). The first-order valence-corrected chi connectivity index (χ1v) is 9.82. The van der Waals surface area contributed by atoms with Crippen molar-refractivity contribution >= 4 is 5.91 Å². The van der Waals surface area contributed by atoms with Gasteiger partial charge in [-0.05, 0) is 30.3 Å². The SMILES string of the molecule is O=C(c1cc(-c2cccnc2)on1)N1CC(Cn2nc(-c3ccncc3)ccc2=O)C1. The number of hydrogen-bond donors (Lipinski definition) is 0. The molecule has 0 saturated carbocycles. The van der Waals surface area contributed by atoms with Gasteiger partial charge < -0.3 is 9.42 Å². The van der Waals surface area contributed by atoms with Gasteiger partial charge in [0.15, 0.2) is 11.5 Å². The number of hydrogen-bond acceptors (Lipinski definition) is 7. The molecule has 0 bridgehead atoms. The van der Waals surface area contributed by atoms with Crippen LogP contribution in [-0.2, 0) is 6.54 Å². The van der Waals surface area contributed by atoms with Gasteiger partial charge in [-0.3, -0.25) is 19.6 Å². The van der Waals surface area contributed by atoms with Crippen molar-refractivity contribution in [2.45, 2.75) is 6.54 Å². The van der Waals surface area contributed by atoms with Crippen LogP contribution in [0.4, 0.5) is 0 Å². The highest BCUT2D eigenvalue weighted by molar-refractivity contribution is 5.93. The quantitative estimate of drug-likeness (QED) is 0.492. The van der Waals surface area contributed by atoms with Crippen LogP contribution in [0.25, 0.3) is 22.6 Å². The molecule has 9 heteroatoms. The van der Waals surface area contributed by atoms with Crippen LogP contribution in [0, 0.1) is 5.92 Å². The second kappa shape index (κ2) is 7.94. The van der Waals surface area contributed by atoms with Crippen LogP contribution in [0.3, 0.4) is 0 Å². The minimum Gasteiger partial charge on any atom is -0.355 e. The number of likely N-dealkylation sites (tertiary alicyclic amines) is 1. The minimum absolute atomic E-state index is 0.145. The zero-order chi connectivity index (χ0) is 21.2. The molecule has 0 aromatic carbocycles. The van der Waals surface area contributed by atoms with Gasteiger partial charge in [0.05, 0.1) is 12.2 Å². The molecule has 0 atom stereocenters. The fourth-order valence-corrected chi connectivity index (χ4v) is 3.53. The number of amides is 1. The fourth-order valence-electron chi connectivity index (χ4n) is 3.53. The summed E-state index contributed by atoms with van der Waals surface area (Å²) in [5.74, 6) is 0.449. The number of rotatable bonds is 5. The van der Waals surface area contributed by atoms with E-state index < -0.39 is 0 Å². The zero-order valence-corrected chi connectivity index (χ0v) is 16.5. The molecule has 1 aliphatic heterocycles. The molecule has 154 valence electrons. The first-order chi connectivity index (χ1) is 15.2. The van der Waals surface area contributed by atoms with E-state index >= 15 is 0 Å². The van der Waals surface area contributed by atoms with E-state index in [9.17, 15) is 9.59 Å². The monoisotopic (exact) mass is 414 g/mol. The van der Waals surface area contributed by atoms with Crippen molar-refractivity contribution in [3.8, 4) is 22.6 Å². The van der Waals surface area contributed by atoms with Crippen LogP contribution >= 0.6 is 0 Å². The van der Waals surface area contributed by atoms with Gasteiger partial charge in [-0.25, -0.2) is 4.68 Å². The number of carbonyl (C=O) groups is 1. The van der Waals surface area contributed by atoms with Crippen molar-refractivity contribution in [2.75, 3.05) is 13.1 Å². The average Bonchev–Trinajstić information content (AvgIpc) is 3.28. The highest BCUT2D eigenvalue weighted by Gasteiger charge is 2.33. The van der Waals surface area contributed by atoms with E-state index in [4.69, 9.17) is 4.52 Å². The van der Waals surface area contributed by atoms with Gasteiger partial charge in [0.25, 0.3) is 11.5 Å². The fraction of sp³-hybridized carbons (Fsp3) is 0.182. The number of carbonyl (C=O) groups excluding carboxylic acids is 1. The Balaban J connectivity index is 1.23. The van der Waals surface area contributed by atoms with Gasteiger partial charge in [-0.2, -0.15) is 5.10 Å². The molecule has 0 radical (unpaired) electrons. The van der Waals surface area contributed by atoms with E-state index in [0.29, 0.717) is 31.1 Å². The van der Waals surface area contributed by atoms with Crippen molar-refractivity contribution in [3.05, 3.63) is 83.3 Å². The maximum atomic E-state index is 12.7. The minimum atomic E-state index is -0.194. The van der Waals surface area contributed by atoms with E-state index in [0.717, 1.165) is 11.1 Å². The summed E-state index contributed by atoms with van der Waals surface area (Å²) in [6.45, 7) is 1.50. The second-order valence-electron chi connectivity index (χ2n) is 7.37. The highest BCUT2D eigenvalue weighted by Crippen LogP contribution is 2.23. The summed E-state index contributed by atoms with van der Waals surface area (Å²) in [4.78, 5) is 34.6. The maximum absolute atomic E-state index is 12.7. The molecular formula is C22H18N6O3. The predicted octanol–water partition coefficient (Wildman–Crippen LogP) is 2.13. The van der Waals surface area contributed by atoms with Crippen LogP contribution in [0.15, 0.2) is 76.6 Å². The molecule has 4 aromatic rings. The van der Waals surface area contributed by atoms with Crippen LogP contribution in [0.2, 0.25) is 0 Å². The first-order valence-electron chi connectivity index (χ1n) is 9.82. The standard InChI is InChI=1S/C22H18N6O3/c29-21-4-3-18(16-5-8-23-9-6-16)25-28(21)14-15-12-27(13-15)22(30)19-10-20(31-26-19)17-2-1-7-24-11-17/h1-11,15H,12-14H2. The second-order valence-corrected chi connectivity index (χ2v) is 7.37. The van der Waals surface area contributed by atoms with Gasteiger partial charge >= 0.3 is 0 Å². The zero-order valence-electron chi connectivity index (χ0n) is 16.5. The third-order valence-electron chi connectivity index (χ3n) is 5.19. The summed E-state index contributed by atoms with van der Waals surface area (Å²) in [6, 6.07) is 12.2. The van der Waals surface area contributed by atoms with E-state index in [1.54, 1.807) is 47.9 Å². The summed E-state index contributed by atoms with van der Waals surface area (Å²) in [7, 11) is 0. The van der Waals surface area contributed by atoms with Gasteiger partial charge in [-0.15, -0.1) is 0 Å². The Bertz CT molecular complexity index is 1260. The van der Waals surface area contributed by atoms with Crippen LogP contribution in [0.5, 0.6) is 0 Å². The van der Waals surface area contributed by atoms with E-state index in [2.05, 4.69) is 20.2 Å². The van der Waals surface area contributed by atoms with E-state index in [1.807, 2.05) is 18.2 Å². The lowest BCUT2D eigenvalue weighted by molar-refractivity contribution is 0.0448. The van der Waals surface area contributed by atoms with Crippen molar-refractivity contribution < 1.29 is 9.32 Å². The molecule has 1 saturated heterocycles. The van der Waals surface area contributed by atoms with Crippen molar-refractivity contribution in [1.82, 2.24) is 29.8 Å². The molecular weight excluding hydrogens is 396 g/mol. The Morgan fingerprint density at radius 2 is 1.87 bits per heavy atom. The van der Waals surface area contributed by atoms with Gasteiger partial charge in [-0.1, -0.05) is 5.16 Å². The van der Waals surface area contributed by atoms with E-state index in [-0.39, 0.29) is 23.1 Å². The Morgan fingerprint density at radius 3 is 2.65 bits per heavy atom. The summed E-state index contributed by atoms with van der Waals surface area (Å²) >= 11 is 0. The smallest absolute Gasteiger partial charge is 0.276 e. The summed E-state index contributed by atoms with van der Waals surface area (Å²) < 4.78 is 6.74. The predicted molar refractivity (Wildman–Crippen MR) is 111 cm³/mol. The maximum Gasteiger partial charge on any atom is 0.276 e. The molecule has 4 aromatic heterocycles. The lowest BCUT2D eigenvalue weighted by atomic mass is 9.99. The third kappa shape index (κ3) is 3.85. The molecule has 1 amide bonds. The summed E-state index contributed by atoms with van der Waals surface area (Å²) in [5, 5.41) is 8.37. The molecule has 0 N–H and O–H groups in total. The highest BCUT2D eigenvalue weighted by atomic mass is 16.5. The van der Waals surface area contributed by atoms with Gasteiger partial charge in [0, 0.05) is 67.1 Å². The molecule has 1 aliphatic rings. The lowest BCUT2D eigenvalue weighted by Crippen LogP contribution is -2.52. The first kappa shape index (κ1) is 18.9. The van der Waals surface area contributed by atoms with Gasteiger partial charge in [0.1, 0.15) is 0 Å². The van der Waals surface area contributed by atoms with E-state index in [1.165, 1.54) is 10.7 Å². The largest absolute Gasteiger partial charge is 0.355 e. The van der Waals surface area contributed by atoms with Crippen LogP contribution < -0.4 is 5.56 Å². The molecule has 0 unspecified atom stereocenters. The van der Waals surface area contributed by atoms with Crippen molar-refractivity contribution in [2.24, 2.45) is 5.92 Å². The number of aromatic nitrogens is 5. The Kier molecular flexibility index (Phi) is 4.83. The normalized spacial score (nSPS) is 13.7.